The zero-order valence-corrected chi connectivity index (χ0v) is 15.6. The molecule has 4 aromatic rings. The summed E-state index contributed by atoms with van der Waals surface area (Å²) in [6.07, 6.45) is 2.50. The molecule has 0 aliphatic rings. The van der Waals surface area contributed by atoms with Crippen molar-refractivity contribution in [2.45, 2.75) is 26.5 Å². The number of aliphatic hydroxyl groups excluding tert-OH is 1. The van der Waals surface area contributed by atoms with E-state index in [0.717, 1.165) is 22.3 Å². The lowest BCUT2D eigenvalue weighted by molar-refractivity contribution is 0.155. The third kappa shape index (κ3) is 3.34. The van der Waals surface area contributed by atoms with E-state index in [1.165, 1.54) is 21.2 Å². The summed E-state index contributed by atoms with van der Waals surface area (Å²) in [6.45, 7) is 4.16. The van der Waals surface area contributed by atoms with Gasteiger partial charge in [0, 0.05) is 18.0 Å². The van der Waals surface area contributed by atoms with E-state index in [4.69, 9.17) is 0 Å². The van der Waals surface area contributed by atoms with Crippen LogP contribution in [0.3, 0.4) is 0 Å². The van der Waals surface area contributed by atoms with E-state index >= 15 is 0 Å². The maximum Gasteiger partial charge on any atom is 0.276 e. The number of aliphatic hydroxyl groups is 1. The molecule has 1 unspecified atom stereocenters. The lowest BCUT2D eigenvalue weighted by Crippen LogP contribution is -2.24. The number of benzene rings is 2. The van der Waals surface area contributed by atoms with Crippen LogP contribution in [-0.4, -0.2) is 19.3 Å². The molecule has 2 aromatic carbocycles. The normalized spacial score (nSPS) is 12.4. The Labute approximate surface area is 161 Å². The molecule has 0 fully saturated rings. The molecule has 0 aliphatic carbocycles. The number of hydrogen-bond donors (Lipinski definition) is 1. The lowest BCUT2D eigenvalue weighted by Gasteiger charge is -2.14. The molecule has 142 valence electrons. The number of aryl methyl sites for hydroxylation is 2. The third-order valence-corrected chi connectivity index (χ3v) is 5.03. The number of aromatic nitrogens is 3. The van der Waals surface area contributed by atoms with Gasteiger partial charge in [-0.3, -0.25) is 4.79 Å². The van der Waals surface area contributed by atoms with Crippen LogP contribution in [0.5, 0.6) is 0 Å². The molecule has 0 saturated heterocycles. The molecule has 0 bridgehead atoms. The van der Waals surface area contributed by atoms with Crippen molar-refractivity contribution >= 4 is 5.52 Å². The van der Waals surface area contributed by atoms with Crippen LogP contribution < -0.4 is 5.56 Å². The van der Waals surface area contributed by atoms with Crippen LogP contribution in [0.15, 0.2) is 65.7 Å². The van der Waals surface area contributed by atoms with Crippen molar-refractivity contribution in [1.82, 2.24) is 14.2 Å². The van der Waals surface area contributed by atoms with E-state index in [1.54, 1.807) is 30.6 Å². The second kappa shape index (κ2) is 7.05. The van der Waals surface area contributed by atoms with Crippen molar-refractivity contribution in [3.05, 3.63) is 93.8 Å². The first kappa shape index (κ1) is 18.1. The van der Waals surface area contributed by atoms with Crippen molar-refractivity contribution in [3.8, 4) is 11.3 Å². The van der Waals surface area contributed by atoms with E-state index in [2.05, 4.69) is 5.10 Å². The molecule has 4 rings (SSSR count). The van der Waals surface area contributed by atoms with Gasteiger partial charge in [-0.1, -0.05) is 18.2 Å². The van der Waals surface area contributed by atoms with Crippen molar-refractivity contribution in [1.29, 1.82) is 0 Å². The van der Waals surface area contributed by atoms with E-state index in [9.17, 15) is 14.3 Å². The minimum atomic E-state index is -0.793. The number of nitrogens with zero attached hydrogens (tertiary/aromatic N) is 3. The minimum Gasteiger partial charge on any atom is -0.387 e. The highest BCUT2D eigenvalue weighted by Gasteiger charge is 2.13. The maximum absolute atomic E-state index is 13.1. The summed E-state index contributed by atoms with van der Waals surface area (Å²) >= 11 is 0. The van der Waals surface area contributed by atoms with Crippen molar-refractivity contribution in [2.75, 3.05) is 0 Å². The quantitative estimate of drug-likeness (QED) is 0.591. The molecule has 1 atom stereocenters. The van der Waals surface area contributed by atoms with Crippen molar-refractivity contribution < 1.29 is 9.50 Å². The fourth-order valence-electron chi connectivity index (χ4n) is 3.20. The standard InChI is InChI=1S/C22H20FN3O2/c1-14-3-4-17(11-15(14)2)21(27)13-25-9-10-26-20(22(25)28)12-19(24-26)16-5-7-18(23)8-6-16/h3-12,21,27H,13H2,1-2H3. The SMILES string of the molecule is Cc1ccc(C(O)Cn2ccn3nc(-c4ccc(F)cc4)cc3c2=O)cc1C. The lowest BCUT2D eigenvalue weighted by atomic mass is 10.0. The zero-order chi connectivity index (χ0) is 19.8. The summed E-state index contributed by atoms with van der Waals surface area (Å²) in [7, 11) is 0. The van der Waals surface area contributed by atoms with Gasteiger partial charge in [-0.25, -0.2) is 8.91 Å². The predicted octanol–water partition coefficient (Wildman–Crippen LogP) is 3.65. The van der Waals surface area contributed by atoms with Crippen LogP contribution in [0.1, 0.15) is 22.8 Å². The smallest absolute Gasteiger partial charge is 0.276 e. The van der Waals surface area contributed by atoms with Gasteiger partial charge in [0.25, 0.3) is 5.56 Å². The van der Waals surface area contributed by atoms with E-state index in [1.807, 2.05) is 32.0 Å². The number of halogens is 1. The van der Waals surface area contributed by atoms with E-state index in [-0.39, 0.29) is 17.9 Å². The van der Waals surface area contributed by atoms with Gasteiger partial charge in [0.15, 0.2) is 0 Å². The molecule has 1 N–H and O–H groups in total. The Hall–Kier alpha value is -3.25. The fourth-order valence-corrected chi connectivity index (χ4v) is 3.20. The number of hydrogen-bond acceptors (Lipinski definition) is 3. The Morgan fingerprint density at radius 3 is 2.50 bits per heavy atom. The Balaban J connectivity index is 1.66. The van der Waals surface area contributed by atoms with E-state index < -0.39 is 6.10 Å². The maximum atomic E-state index is 13.1. The Morgan fingerprint density at radius 2 is 1.79 bits per heavy atom. The zero-order valence-electron chi connectivity index (χ0n) is 15.6. The van der Waals surface area contributed by atoms with Gasteiger partial charge in [-0.05, 0) is 60.9 Å². The first-order valence-corrected chi connectivity index (χ1v) is 9.02. The molecule has 0 saturated carbocycles. The largest absolute Gasteiger partial charge is 0.387 e. The molecule has 2 heterocycles. The highest BCUT2D eigenvalue weighted by atomic mass is 19.1. The highest BCUT2D eigenvalue weighted by molar-refractivity contribution is 5.65. The first-order chi connectivity index (χ1) is 13.4. The molecule has 2 aromatic heterocycles. The van der Waals surface area contributed by atoms with Crippen LogP contribution in [0, 0.1) is 19.7 Å². The van der Waals surface area contributed by atoms with Crippen LogP contribution in [0.25, 0.3) is 16.8 Å². The van der Waals surface area contributed by atoms with Crippen molar-refractivity contribution in [2.24, 2.45) is 0 Å². The summed E-state index contributed by atoms with van der Waals surface area (Å²) in [4.78, 5) is 12.8. The average molecular weight is 377 g/mol. The van der Waals surface area contributed by atoms with Gasteiger partial charge in [-0.2, -0.15) is 5.10 Å². The molecule has 5 nitrogen and oxygen atoms in total. The van der Waals surface area contributed by atoms with Gasteiger partial charge in [0.2, 0.25) is 0 Å². The monoisotopic (exact) mass is 377 g/mol. The number of fused-ring (bicyclic) bond motifs is 1. The fraction of sp³-hybridized carbons (Fsp3) is 0.182. The van der Waals surface area contributed by atoms with E-state index in [0.29, 0.717) is 11.2 Å². The van der Waals surface area contributed by atoms with Crippen LogP contribution in [0.2, 0.25) is 0 Å². The second-order valence-electron chi connectivity index (χ2n) is 6.98. The van der Waals surface area contributed by atoms with Crippen LogP contribution in [0.4, 0.5) is 4.39 Å². The van der Waals surface area contributed by atoms with Gasteiger partial charge in [-0.15, -0.1) is 0 Å². The molecule has 6 heteroatoms. The summed E-state index contributed by atoms with van der Waals surface area (Å²) in [5.41, 5.74) is 4.49. The predicted molar refractivity (Wildman–Crippen MR) is 106 cm³/mol. The third-order valence-electron chi connectivity index (χ3n) is 5.03. The molecular formula is C22H20FN3O2. The second-order valence-corrected chi connectivity index (χ2v) is 6.98. The van der Waals surface area contributed by atoms with Crippen molar-refractivity contribution in [3.63, 3.8) is 0 Å². The molecule has 28 heavy (non-hydrogen) atoms. The molecule has 0 amide bonds. The van der Waals surface area contributed by atoms with Gasteiger partial charge in [0.1, 0.15) is 11.3 Å². The summed E-state index contributed by atoms with van der Waals surface area (Å²) in [5.74, 6) is -0.324. The number of rotatable bonds is 4. The van der Waals surface area contributed by atoms with Crippen LogP contribution in [-0.2, 0) is 6.54 Å². The topological polar surface area (TPSA) is 59.5 Å². The van der Waals surface area contributed by atoms with Crippen LogP contribution >= 0.6 is 0 Å². The van der Waals surface area contributed by atoms with Gasteiger partial charge < -0.3 is 9.67 Å². The molecule has 0 spiro atoms. The summed E-state index contributed by atoms with van der Waals surface area (Å²) in [6, 6.07) is 13.4. The summed E-state index contributed by atoms with van der Waals surface area (Å²) in [5, 5.41) is 15.0. The van der Waals surface area contributed by atoms with Gasteiger partial charge in [0.05, 0.1) is 18.3 Å². The van der Waals surface area contributed by atoms with Gasteiger partial charge >= 0.3 is 0 Å². The Kier molecular flexibility index (Phi) is 4.57. The Morgan fingerprint density at radius 1 is 1.04 bits per heavy atom. The Bertz CT molecular complexity index is 1210. The molecule has 0 aliphatic heterocycles. The summed E-state index contributed by atoms with van der Waals surface area (Å²) < 4.78 is 16.1. The first-order valence-electron chi connectivity index (χ1n) is 9.02. The minimum absolute atomic E-state index is 0.148. The highest BCUT2D eigenvalue weighted by Crippen LogP contribution is 2.20. The average Bonchev–Trinajstić information content (AvgIpc) is 3.12. The molecular weight excluding hydrogens is 357 g/mol. The molecule has 0 radical (unpaired) electrons.